The summed E-state index contributed by atoms with van der Waals surface area (Å²) in [6.45, 7) is 12.1. The smallest absolute Gasteiger partial charge is 0.344 e. The van der Waals surface area contributed by atoms with Gasteiger partial charge in [-0.3, -0.25) is 28.8 Å². The third kappa shape index (κ3) is 9.01. The lowest BCUT2D eigenvalue weighted by Gasteiger charge is -2.59. The molecule has 0 aromatic rings. The standard InChI is InChI=1S/C38H51ClO16/c1-18(2)12-27(43)48-16-29(45)53-25-11-10-24(15-39)14-26-38(47,20(5)35(46)54-26)34(52-23(8)42)31-36(25,9)32(51-22(7)41)30(50-21(6)40)33(37(31)17-49-37)55-28(44)13-19(3)4/h10-11,14,18-20,25-26,30-34,47H,12-13,15-17H2,1-9H3/b11-10-,24-14+/t20-,25-,26-,30+,31+,32-,33+,34-,36+,37-,38-/m0/s1. The monoisotopic (exact) mass is 798 g/mol. The molecule has 2 heterocycles. The molecule has 4 rings (SSSR count). The number of carbonyl (C=O) groups excluding carboxylic acids is 7. The number of ether oxygens (including phenoxy) is 8. The summed E-state index contributed by atoms with van der Waals surface area (Å²) in [6, 6.07) is 0. The number of rotatable bonds is 12. The Morgan fingerprint density at radius 2 is 1.42 bits per heavy atom. The van der Waals surface area contributed by atoms with E-state index in [-0.39, 0.29) is 42.7 Å². The number of halogens is 1. The van der Waals surface area contributed by atoms with Crippen LogP contribution in [0.25, 0.3) is 0 Å². The molecule has 11 atom stereocenters. The summed E-state index contributed by atoms with van der Waals surface area (Å²) >= 11 is 6.33. The van der Waals surface area contributed by atoms with Gasteiger partial charge in [-0.25, -0.2) is 4.79 Å². The summed E-state index contributed by atoms with van der Waals surface area (Å²) < 4.78 is 47.0. The van der Waals surface area contributed by atoms with Crippen LogP contribution in [0.15, 0.2) is 23.8 Å². The quantitative estimate of drug-likeness (QED) is 0.130. The lowest BCUT2D eigenvalue weighted by molar-refractivity contribution is -0.279. The van der Waals surface area contributed by atoms with Gasteiger partial charge in [0.2, 0.25) is 0 Å². The van der Waals surface area contributed by atoms with Crippen LogP contribution in [0.5, 0.6) is 0 Å². The Kier molecular flexibility index (Phi) is 13.5. The highest BCUT2D eigenvalue weighted by molar-refractivity contribution is 6.19. The number of aliphatic hydroxyl groups is 1. The summed E-state index contributed by atoms with van der Waals surface area (Å²) in [6.07, 6.45) is -5.74. The number of alkyl halides is 1. The molecule has 16 nitrogen and oxygen atoms in total. The maximum absolute atomic E-state index is 13.6. The van der Waals surface area contributed by atoms with Gasteiger partial charge in [0.05, 0.1) is 17.9 Å². The van der Waals surface area contributed by atoms with E-state index in [2.05, 4.69) is 0 Å². The molecule has 0 radical (unpaired) electrons. The number of esters is 7. The van der Waals surface area contributed by atoms with Crippen molar-refractivity contribution in [2.24, 2.45) is 29.1 Å². The van der Waals surface area contributed by atoms with E-state index in [9.17, 15) is 38.7 Å². The number of allylic oxidation sites excluding steroid dienone is 2. The zero-order chi connectivity index (χ0) is 41.2. The van der Waals surface area contributed by atoms with Crippen molar-refractivity contribution in [2.45, 2.75) is 123 Å². The summed E-state index contributed by atoms with van der Waals surface area (Å²) in [5.74, 6) is -9.44. The topological polar surface area (TPSA) is 217 Å². The normalized spacial score (nSPS) is 36.6. The van der Waals surface area contributed by atoms with Gasteiger partial charge in [0, 0.05) is 45.4 Å². The SMILES string of the molecule is CC(=O)O[C@H]1[C@@H](OC(=O)CC(C)C)[C@]2(CO2)[C@@H]2[C@H](OC(C)=O)[C@@]3(O)[C@H](/C=C(CCl)\C=C/[C@H](OC(=O)COC(=O)CC(C)C)[C@@]2(C)[C@H]1OC(C)=O)OC(=O)[C@@H]3C. The van der Waals surface area contributed by atoms with E-state index < -0.39 is 113 Å². The molecular formula is C38H51ClO16. The fourth-order valence-corrected chi connectivity index (χ4v) is 8.15. The second-order valence-electron chi connectivity index (χ2n) is 15.6. The van der Waals surface area contributed by atoms with E-state index in [0.717, 1.165) is 20.8 Å². The van der Waals surface area contributed by atoms with Gasteiger partial charge in [-0.1, -0.05) is 40.7 Å². The molecule has 17 heteroatoms. The van der Waals surface area contributed by atoms with Crippen molar-refractivity contribution in [2.75, 3.05) is 19.1 Å². The second kappa shape index (κ2) is 17.0. The molecular weight excluding hydrogens is 748 g/mol. The van der Waals surface area contributed by atoms with Gasteiger partial charge in [-0.15, -0.1) is 11.6 Å². The lowest BCUT2D eigenvalue weighted by atomic mass is 9.51. The minimum atomic E-state index is -2.42. The van der Waals surface area contributed by atoms with Gasteiger partial charge in [-0.2, -0.15) is 0 Å². The van der Waals surface area contributed by atoms with Crippen LogP contribution < -0.4 is 0 Å². The molecule has 0 unspecified atom stereocenters. The van der Waals surface area contributed by atoms with E-state index in [4.69, 9.17) is 49.5 Å². The molecule has 55 heavy (non-hydrogen) atoms. The first-order chi connectivity index (χ1) is 25.6. The Bertz CT molecular complexity index is 1600. The molecule has 2 aliphatic carbocycles. The Morgan fingerprint density at radius 3 is 1.95 bits per heavy atom. The average molecular weight is 799 g/mol. The van der Waals surface area contributed by atoms with Crippen molar-refractivity contribution >= 4 is 53.4 Å². The van der Waals surface area contributed by atoms with Gasteiger partial charge in [-0.05, 0) is 36.5 Å². The Balaban J connectivity index is 2.08. The van der Waals surface area contributed by atoms with Crippen LogP contribution in [-0.2, 0) is 71.5 Å². The van der Waals surface area contributed by atoms with Crippen LogP contribution in [0, 0.1) is 29.1 Å². The van der Waals surface area contributed by atoms with E-state index in [1.54, 1.807) is 27.7 Å². The molecule has 2 aliphatic heterocycles. The predicted octanol–water partition coefficient (Wildman–Crippen LogP) is 2.67. The summed E-state index contributed by atoms with van der Waals surface area (Å²) in [5.41, 5.74) is -5.95. The lowest BCUT2D eigenvalue weighted by Crippen LogP contribution is -2.76. The van der Waals surface area contributed by atoms with Crippen LogP contribution >= 0.6 is 11.6 Å². The first-order valence-electron chi connectivity index (χ1n) is 18.2. The largest absolute Gasteiger partial charge is 0.459 e. The number of fused-ring (bicyclic) bond motifs is 3. The molecule has 0 amide bonds. The van der Waals surface area contributed by atoms with E-state index in [1.165, 1.54) is 32.1 Å². The number of hydrogen-bond acceptors (Lipinski definition) is 16. The highest BCUT2D eigenvalue weighted by Gasteiger charge is 2.81. The number of hydrogen-bond donors (Lipinski definition) is 1. The second-order valence-corrected chi connectivity index (χ2v) is 15.9. The van der Waals surface area contributed by atoms with Crippen molar-refractivity contribution in [3.05, 3.63) is 23.8 Å². The fraction of sp³-hybridized carbons (Fsp3) is 0.711. The van der Waals surface area contributed by atoms with Crippen molar-refractivity contribution < 1.29 is 76.6 Å². The minimum Gasteiger partial charge on any atom is -0.459 e. The van der Waals surface area contributed by atoms with Gasteiger partial charge in [0.25, 0.3) is 0 Å². The number of epoxide rings is 1. The molecule has 0 aromatic carbocycles. The van der Waals surface area contributed by atoms with Gasteiger partial charge < -0.3 is 43.0 Å². The van der Waals surface area contributed by atoms with Crippen LogP contribution in [0.1, 0.15) is 75.2 Å². The average Bonchev–Trinajstić information content (AvgIpc) is 3.82. The molecule has 3 fully saturated rings. The molecule has 4 aliphatic rings. The highest BCUT2D eigenvalue weighted by Crippen LogP contribution is 2.63. The van der Waals surface area contributed by atoms with E-state index >= 15 is 0 Å². The third-order valence-electron chi connectivity index (χ3n) is 10.4. The Morgan fingerprint density at radius 1 is 0.855 bits per heavy atom. The van der Waals surface area contributed by atoms with Crippen molar-refractivity contribution in [1.82, 2.24) is 0 Å². The first-order valence-corrected chi connectivity index (χ1v) is 18.7. The summed E-state index contributed by atoms with van der Waals surface area (Å²) in [5, 5.41) is 12.9. The third-order valence-corrected chi connectivity index (χ3v) is 10.7. The minimum absolute atomic E-state index is 0.0123. The van der Waals surface area contributed by atoms with E-state index in [0.29, 0.717) is 0 Å². The van der Waals surface area contributed by atoms with Gasteiger partial charge >= 0.3 is 41.8 Å². The zero-order valence-electron chi connectivity index (χ0n) is 32.5. The van der Waals surface area contributed by atoms with Gasteiger partial charge in [0.1, 0.15) is 17.8 Å². The zero-order valence-corrected chi connectivity index (χ0v) is 33.2. The summed E-state index contributed by atoms with van der Waals surface area (Å²) in [7, 11) is 0. The van der Waals surface area contributed by atoms with Crippen LogP contribution in [-0.4, -0.2) is 114 Å². The Hall–Kier alpha value is -4.02. The maximum Gasteiger partial charge on any atom is 0.344 e. The molecule has 1 spiro atoms. The molecule has 2 saturated heterocycles. The van der Waals surface area contributed by atoms with E-state index in [1.807, 2.05) is 0 Å². The molecule has 1 saturated carbocycles. The predicted molar refractivity (Wildman–Crippen MR) is 189 cm³/mol. The molecule has 0 aromatic heterocycles. The van der Waals surface area contributed by atoms with Crippen molar-refractivity contribution in [3.8, 4) is 0 Å². The number of carbonyl (C=O) groups is 7. The summed E-state index contributed by atoms with van der Waals surface area (Å²) in [4.78, 5) is 91.9. The van der Waals surface area contributed by atoms with Crippen molar-refractivity contribution in [1.29, 1.82) is 0 Å². The molecule has 0 bridgehead atoms. The first kappa shape index (κ1) is 43.7. The highest BCUT2D eigenvalue weighted by atomic mass is 35.5. The Labute approximate surface area is 324 Å². The fourth-order valence-electron chi connectivity index (χ4n) is 7.97. The maximum atomic E-state index is 13.6. The van der Waals surface area contributed by atoms with Crippen molar-refractivity contribution in [3.63, 3.8) is 0 Å². The molecule has 1 N–H and O–H groups in total. The van der Waals surface area contributed by atoms with Crippen LogP contribution in [0.4, 0.5) is 0 Å². The van der Waals surface area contributed by atoms with Gasteiger partial charge in [0.15, 0.2) is 36.6 Å². The molecule has 306 valence electrons. The van der Waals surface area contributed by atoms with Crippen LogP contribution in [0.2, 0.25) is 0 Å². The van der Waals surface area contributed by atoms with Crippen LogP contribution in [0.3, 0.4) is 0 Å².